The number of methoxy groups -OCH3 is 1. The number of aryl methyl sites for hydroxylation is 2. The minimum Gasteiger partial charge on any atom is -0.495 e. The Balaban J connectivity index is 1.91. The molecule has 0 radical (unpaired) electrons. The van der Waals surface area contributed by atoms with E-state index in [9.17, 15) is 14.4 Å². The fourth-order valence-corrected chi connectivity index (χ4v) is 3.34. The second-order valence-electron chi connectivity index (χ2n) is 7.14. The van der Waals surface area contributed by atoms with E-state index in [0.29, 0.717) is 29.0 Å². The zero-order valence-corrected chi connectivity index (χ0v) is 17.9. The van der Waals surface area contributed by atoms with Crippen LogP contribution in [0.25, 0.3) is 11.0 Å². The van der Waals surface area contributed by atoms with Crippen LogP contribution in [0, 0.1) is 6.92 Å². The van der Waals surface area contributed by atoms with Gasteiger partial charge in [-0.1, -0.05) is 18.2 Å². The van der Waals surface area contributed by atoms with Gasteiger partial charge in [0.2, 0.25) is 11.8 Å². The van der Waals surface area contributed by atoms with E-state index in [2.05, 4.69) is 15.6 Å². The summed E-state index contributed by atoms with van der Waals surface area (Å²) in [5.41, 5.74) is 2.53. The Morgan fingerprint density at radius 3 is 2.65 bits per heavy atom. The summed E-state index contributed by atoms with van der Waals surface area (Å²) in [6.45, 7) is 4.09. The Bertz CT molecular complexity index is 1170. The molecule has 1 heterocycles. The molecule has 0 bridgehead atoms. The third-order valence-corrected chi connectivity index (χ3v) is 4.81. The molecule has 0 unspecified atom stereocenters. The highest BCUT2D eigenvalue weighted by Gasteiger charge is 2.16. The van der Waals surface area contributed by atoms with Crippen LogP contribution in [0.5, 0.6) is 5.75 Å². The summed E-state index contributed by atoms with van der Waals surface area (Å²) in [6.07, 6.45) is 0.351. The molecular formula is C23H26N4O4. The lowest BCUT2D eigenvalue weighted by Gasteiger charge is -2.14. The summed E-state index contributed by atoms with van der Waals surface area (Å²) in [6, 6.07) is 12.6. The molecule has 0 saturated heterocycles. The van der Waals surface area contributed by atoms with E-state index in [1.165, 1.54) is 11.7 Å². The maximum atomic E-state index is 13.1. The number of nitrogens with zero attached hydrogens (tertiary/aromatic N) is 2. The Kier molecular flexibility index (Phi) is 7.02. The summed E-state index contributed by atoms with van der Waals surface area (Å²) < 4.78 is 6.70. The number of para-hydroxylation sites is 2. The number of ether oxygens (including phenoxy) is 1. The van der Waals surface area contributed by atoms with Gasteiger partial charge in [0.15, 0.2) is 0 Å². The monoisotopic (exact) mass is 422 g/mol. The highest BCUT2D eigenvalue weighted by molar-refractivity contribution is 5.93. The molecule has 0 aliphatic heterocycles. The second kappa shape index (κ2) is 9.88. The minimum atomic E-state index is -0.380. The number of anilines is 1. The van der Waals surface area contributed by atoms with E-state index in [4.69, 9.17) is 4.74 Å². The first-order chi connectivity index (χ1) is 14.9. The van der Waals surface area contributed by atoms with Crippen LogP contribution in [0.15, 0.2) is 47.3 Å². The van der Waals surface area contributed by atoms with Crippen molar-refractivity contribution in [1.82, 2.24) is 14.9 Å². The Hall–Kier alpha value is -3.68. The van der Waals surface area contributed by atoms with Crippen molar-refractivity contribution < 1.29 is 14.3 Å². The lowest BCUT2D eigenvalue weighted by atomic mass is 10.2. The number of carbonyl (C=O) groups excluding carboxylic acids is 2. The van der Waals surface area contributed by atoms with Gasteiger partial charge in [-0.25, -0.2) is 4.98 Å². The van der Waals surface area contributed by atoms with Gasteiger partial charge >= 0.3 is 0 Å². The molecule has 2 amide bonds. The maximum absolute atomic E-state index is 13.1. The molecule has 3 rings (SSSR count). The molecular weight excluding hydrogens is 396 g/mol. The molecule has 0 spiro atoms. The van der Waals surface area contributed by atoms with Gasteiger partial charge in [0, 0.05) is 19.4 Å². The van der Waals surface area contributed by atoms with Crippen molar-refractivity contribution in [2.24, 2.45) is 0 Å². The molecule has 2 N–H and O–H groups in total. The van der Waals surface area contributed by atoms with Crippen LogP contribution in [0.2, 0.25) is 0 Å². The van der Waals surface area contributed by atoms with E-state index >= 15 is 0 Å². The van der Waals surface area contributed by atoms with Crippen molar-refractivity contribution in [2.45, 2.75) is 33.2 Å². The standard InChI is InChI=1S/C23H26N4O4/c1-4-24-21(28)12-10-17-23(30)27(19-8-6-5-7-16(19)25-17)14-22(29)26-18-13-15(2)9-11-20(18)31-3/h5-9,11,13H,4,10,12,14H2,1-3H3,(H,24,28)(H,26,29). The zero-order valence-electron chi connectivity index (χ0n) is 17.9. The lowest BCUT2D eigenvalue weighted by Crippen LogP contribution is -2.32. The largest absolute Gasteiger partial charge is 0.495 e. The fraction of sp³-hybridized carbons (Fsp3) is 0.304. The summed E-state index contributed by atoms with van der Waals surface area (Å²) in [7, 11) is 1.53. The van der Waals surface area contributed by atoms with Crippen LogP contribution in [-0.4, -0.2) is 35.0 Å². The molecule has 0 aliphatic rings. The number of hydrogen-bond donors (Lipinski definition) is 2. The Labute approximate surface area is 180 Å². The van der Waals surface area contributed by atoms with Crippen LogP contribution in [0.3, 0.4) is 0 Å². The first-order valence-corrected chi connectivity index (χ1v) is 10.1. The topological polar surface area (TPSA) is 102 Å². The average Bonchev–Trinajstić information content (AvgIpc) is 2.75. The number of aromatic nitrogens is 2. The van der Waals surface area contributed by atoms with Gasteiger partial charge in [-0.05, 0) is 43.7 Å². The highest BCUT2D eigenvalue weighted by atomic mass is 16.5. The zero-order chi connectivity index (χ0) is 22.4. The minimum absolute atomic E-state index is 0.146. The van der Waals surface area contributed by atoms with Crippen molar-refractivity contribution in [3.8, 4) is 5.75 Å². The third kappa shape index (κ3) is 5.28. The van der Waals surface area contributed by atoms with E-state index in [-0.39, 0.29) is 42.5 Å². The maximum Gasteiger partial charge on any atom is 0.273 e. The Morgan fingerprint density at radius 1 is 1.13 bits per heavy atom. The van der Waals surface area contributed by atoms with Gasteiger partial charge in [0.1, 0.15) is 18.0 Å². The van der Waals surface area contributed by atoms with E-state index in [0.717, 1.165) is 5.56 Å². The van der Waals surface area contributed by atoms with Gasteiger partial charge in [-0.2, -0.15) is 0 Å². The summed E-state index contributed by atoms with van der Waals surface area (Å²) in [5, 5.41) is 5.53. The van der Waals surface area contributed by atoms with Crippen LogP contribution in [0.4, 0.5) is 5.69 Å². The van der Waals surface area contributed by atoms with Gasteiger partial charge < -0.3 is 15.4 Å². The molecule has 0 atom stereocenters. The van der Waals surface area contributed by atoms with Crippen molar-refractivity contribution in [2.75, 3.05) is 19.0 Å². The van der Waals surface area contributed by atoms with E-state index < -0.39 is 0 Å². The molecule has 2 aromatic carbocycles. The third-order valence-electron chi connectivity index (χ3n) is 4.81. The number of amides is 2. The quantitative estimate of drug-likeness (QED) is 0.580. The van der Waals surface area contributed by atoms with E-state index in [1.54, 1.807) is 24.3 Å². The molecule has 31 heavy (non-hydrogen) atoms. The van der Waals surface area contributed by atoms with Gasteiger partial charge in [0.05, 0.1) is 23.8 Å². The van der Waals surface area contributed by atoms with Gasteiger partial charge in [0.25, 0.3) is 5.56 Å². The molecule has 0 saturated carbocycles. The number of fused-ring (bicyclic) bond motifs is 1. The van der Waals surface area contributed by atoms with Crippen LogP contribution in [-0.2, 0) is 22.6 Å². The van der Waals surface area contributed by atoms with Gasteiger partial charge in [-0.3, -0.25) is 19.0 Å². The molecule has 0 fully saturated rings. The first kappa shape index (κ1) is 22.0. The highest BCUT2D eigenvalue weighted by Crippen LogP contribution is 2.25. The summed E-state index contributed by atoms with van der Waals surface area (Å²) >= 11 is 0. The summed E-state index contributed by atoms with van der Waals surface area (Å²) in [5.74, 6) is 0.0261. The van der Waals surface area contributed by atoms with Crippen LogP contribution < -0.4 is 20.9 Å². The smallest absolute Gasteiger partial charge is 0.273 e. The molecule has 0 aliphatic carbocycles. The van der Waals surface area contributed by atoms with Gasteiger partial charge in [-0.15, -0.1) is 0 Å². The lowest BCUT2D eigenvalue weighted by molar-refractivity contribution is -0.121. The van der Waals surface area contributed by atoms with Crippen LogP contribution in [0.1, 0.15) is 24.6 Å². The Morgan fingerprint density at radius 2 is 1.90 bits per heavy atom. The van der Waals surface area contributed by atoms with Crippen molar-refractivity contribution in [3.63, 3.8) is 0 Å². The predicted molar refractivity (Wildman–Crippen MR) is 119 cm³/mol. The van der Waals surface area contributed by atoms with Crippen LogP contribution >= 0.6 is 0 Å². The fourth-order valence-electron chi connectivity index (χ4n) is 3.34. The van der Waals surface area contributed by atoms with Crippen molar-refractivity contribution in [3.05, 3.63) is 64.1 Å². The number of hydrogen-bond acceptors (Lipinski definition) is 5. The van der Waals surface area contributed by atoms with Crippen molar-refractivity contribution >= 4 is 28.5 Å². The van der Waals surface area contributed by atoms with E-state index in [1.807, 2.05) is 32.0 Å². The number of nitrogens with one attached hydrogen (secondary N) is 2. The molecule has 3 aromatic rings. The molecule has 1 aromatic heterocycles. The second-order valence-corrected chi connectivity index (χ2v) is 7.14. The first-order valence-electron chi connectivity index (χ1n) is 10.1. The number of rotatable bonds is 8. The van der Waals surface area contributed by atoms with Crippen molar-refractivity contribution in [1.29, 1.82) is 0 Å². The number of carbonyl (C=O) groups is 2. The summed E-state index contributed by atoms with van der Waals surface area (Å²) in [4.78, 5) is 42.1. The molecule has 8 nitrogen and oxygen atoms in total. The predicted octanol–water partition coefficient (Wildman–Crippen LogP) is 2.42. The number of benzene rings is 2. The average molecular weight is 422 g/mol. The molecule has 162 valence electrons. The molecule has 8 heteroatoms. The normalized spacial score (nSPS) is 10.7. The SMILES string of the molecule is CCNC(=O)CCc1nc2ccccc2n(CC(=O)Nc2cc(C)ccc2OC)c1=O.